The molecule has 1 unspecified atom stereocenters. The summed E-state index contributed by atoms with van der Waals surface area (Å²) in [6, 6.07) is 0. The molecule has 0 aromatic carbocycles. The van der Waals surface area contributed by atoms with Crippen LogP contribution in [-0.4, -0.2) is 22.6 Å². The summed E-state index contributed by atoms with van der Waals surface area (Å²) >= 11 is 0. The van der Waals surface area contributed by atoms with E-state index in [9.17, 15) is 14.7 Å². The number of carboxylic acid groups (broad SMARTS) is 1. The Morgan fingerprint density at radius 3 is 1.81 bits per heavy atom. The maximum absolute atomic E-state index is 11.5. The van der Waals surface area contributed by atoms with Gasteiger partial charge in [0.1, 0.15) is 0 Å². The molecule has 124 valence electrons. The summed E-state index contributed by atoms with van der Waals surface area (Å²) < 4.78 is 5.16. The Morgan fingerprint density at radius 2 is 1.38 bits per heavy atom. The summed E-state index contributed by atoms with van der Waals surface area (Å²) in [6.07, 6.45) is 10.7. The molecule has 0 aromatic rings. The number of carbonyl (C=O) groups is 2. The van der Waals surface area contributed by atoms with Crippen molar-refractivity contribution in [3.05, 3.63) is 0 Å². The highest BCUT2D eigenvalue weighted by Gasteiger charge is 2.40. The third-order valence-corrected chi connectivity index (χ3v) is 3.82. The topological polar surface area (TPSA) is 63.6 Å². The molecule has 4 nitrogen and oxygen atoms in total. The van der Waals surface area contributed by atoms with Gasteiger partial charge in [-0.05, 0) is 19.3 Å². The van der Waals surface area contributed by atoms with Gasteiger partial charge in [0, 0.05) is 6.92 Å². The van der Waals surface area contributed by atoms with Gasteiger partial charge in [-0.3, -0.25) is 4.79 Å². The Morgan fingerprint density at radius 1 is 0.857 bits per heavy atom. The van der Waals surface area contributed by atoms with Crippen LogP contribution in [0.15, 0.2) is 0 Å². The number of unbranched alkanes of at least 4 members (excludes halogenated alkanes) is 7. The highest BCUT2D eigenvalue weighted by molar-refractivity contribution is 5.81. The summed E-state index contributed by atoms with van der Waals surface area (Å²) in [5, 5.41) is 9.43. The van der Waals surface area contributed by atoms with Crippen LogP contribution in [0.1, 0.15) is 91.4 Å². The van der Waals surface area contributed by atoms with E-state index in [-0.39, 0.29) is 0 Å². The number of hydrogen-bond acceptors (Lipinski definition) is 3. The number of rotatable bonds is 13. The van der Waals surface area contributed by atoms with Gasteiger partial charge in [-0.15, -0.1) is 0 Å². The smallest absolute Gasteiger partial charge is 0.348 e. The second kappa shape index (κ2) is 11.6. The molecular formula is C17H32O4. The minimum atomic E-state index is -1.32. The summed E-state index contributed by atoms with van der Waals surface area (Å²) in [5.74, 6) is -1.52. The van der Waals surface area contributed by atoms with E-state index in [2.05, 4.69) is 6.92 Å². The van der Waals surface area contributed by atoms with E-state index in [0.717, 1.165) is 19.3 Å². The number of hydrogen-bond donors (Lipinski definition) is 1. The number of carboxylic acids is 1. The zero-order chi connectivity index (χ0) is 16.1. The second-order valence-electron chi connectivity index (χ2n) is 5.87. The average Bonchev–Trinajstić information content (AvgIpc) is 2.41. The Bertz CT molecular complexity index is 301. The van der Waals surface area contributed by atoms with E-state index in [0.29, 0.717) is 19.3 Å². The van der Waals surface area contributed by atoms with Crippen molar-refractivity contribution in [1.82, 2.24) is 0 Å². The van der Waals surface area contributed by atoms with Crippen LogP contribution >= 0.6 is 0 Å². The Labute approximate surface area is 129 Å². The maximum Gasteiger partial charge on any atom is 0.348 e. The normalized spacial score (nSPS) is 13.7. The van der Waals surface area contributed by atoms with Crippen LogP contribution in [0.4, 0.5) is 0 Å². The van der Waals surface area contributed by atoms with Crippen molar-refractivity contribution >= 4 is 11.9 Å². The molecule has 0 fully saturated rings. The van der Waals surface area contributed by atoms with Crippen LogP contribution < -0.4 is 0 Å². The summed E-state index contributed by atoms with van der Waals surface area (Å²) in [6.45, 7) is 5.39. The summed E-state index contributed by atoms with van der Waals surface area (Å²) in [4.78, 5) is 22.7. The van der Waals surface area contributed by atoms with Crippen molar-refractivity contribution in [2.24, 2.45) is 0 Å². The highest BCUT2D eigenvalue weighted by atomic mass is 16.6. The quantitative estimate of drug-likeness (QED) is 0.395. The predicted octanol–water partition coefficient (Wildman–Crippen LogP) is 4.70. The van der Waals surface area contributed by atoms with E-state index in [1.54, 1.807) is 0 Å². The molecule has 0 spiro atoms. The molecule has 0 bridgehead atoms. The van der Waals surface area contributed by atoms with Gasteiger partial charge in [0.05, 0.1) is 0 Å². The fourth-order valence-corrected chi connectivity index (χ4v) is 2.71. The van der Waals surface area contributed by atoms with Gasteiger partial charge < -0.3 is 9.84 Å². The van der Waals surface area contributed by atoms with Crippen LogP contribution in [0.5, 0.6) is 0 Å². The summed E-state index contributed by atoms with van der Waals surface area (Å²) in [5.41, 5.74) is -1.32. The van der Waals surface area contributed by atoms with Crippen LogP contribution in [0.3, 0.4) is 0 Å². The van der Waals surface area contributed by atoms with Gasteiger partial charge in [-0.2, -0.15) is 0 Å². The lowest BCUT2D eigenvalue weighted by Gasteiger charge is -2.28. The molecule has 0 aliphatic carbocycles. The SMILES string of the molecule is CCCCCCCCCCC(CCC)(OC(C)=O)C(=O)O. The average molecular weight is 300 g/mol. The van der Waals surface area contributed by atoms with Crippen molar-refractivity contribution in [2.75, 3.05) is 0 Å². The lowest BCUT2D eigenvalue weighted by molar-refractivity contribution is -0.179. The van der Waals surface area contributed by atoms with Crippen molar-refractivity contribution in [2.45, 2.75) is 97.0 Å². The standard InChI is InChI=1S/C17H32O4/c1-4-6-7-8-9-10-11-12-14-17(13-5-2,16(19)20)21-15(3)18/h4-14H2,1-3H3,(H,19,20). The first-order valence-corrected chi connectivity index (χ1v) is 8.41. The van der Waals surface area contributed by atoms with E-state index >= 15 is 0 Å². The number of ether oxygens (including phenoxy) is 1. The van der Waals surface area contributed by atoms with Crippen molar-refractivity contribution in [1.29, 1.82) is 0 Å². The zero-order valence-electron chi connectivity index (χ0n) is 14.0. The molecule has 4 heteroatoms. The molecule has 0 radical (unpaired) electrons. The second-order valence-corrected chi connectivity index (χ2v) is 5.87. The molecule has 1 N–H and O–H groups in total. The maximum atomic E-state index is 11.5. The van der Waals surface area contributed by atoms with Crippen molar-refractivity contribution < 1.29 is 19.4 Å². The first kappa shape index (κ1) is 19.9. The molecule has 0 amide bonds. The number of esters is 1. The molecule has 1 atom stereocenters. The Balaban J connectivity index is 4.12. The van der Waals surface area contributed by atoms with E-state index in [4.69, 9.17) is 4.74 Å². The molecule has 0 aliphatic heterocycles. The molecule has 0 heterocycles. The van der Waals surface area contributed by atoms with Gasteiger partial charge in [0.15, 0.2) is 0 Å². The molecule has 0 aliphatic rings. The molecule has 21 heavy (non-hydrogen) atoms. The van der Waals surface area contributed by atoms with Crippen LogP contribution in [0.2, 0.25) is 0 Å². The monoisotopic (exact) mass is 300 g/mol. The predicted molar refractivity (Wildman–Crippen MR) is 84.3 cm³/mol. The highest BCUT2D eigenvalue weighted by Crippen LogP contribution is 2.27. The molecule has 0 rings (SSSR count). The molecule has 0 saturated heterocycles. The zero-order valence-corrected chi connectivity index (χ0v) is 14.0. The minimum absolute atomic E-state index is 0.387. The van der Waals surface area contributed by atoms with Crippen LogP contribution in [-0.2, 0) is 14.3 Å². The minimum Gasteiger partial charge on any atom is -0.478 e. The van der Waals surface area contributed by atoms with Gasteiger partial charge in [0.2, 0.25) is 5.60 Å². The Kier molecular flexibility index (Phi) is 11.0. The Hall–Kier alpha value is -1.06. The third-order valence-electron chi connectivity index (χ3n) is 3.82. The van der Waals surface area contributed by atoms with Crippen LogP contribution in [0, 0.1) is 0 Å². The van der Waals surface area contributed by atoms with Gasteiger partial charge in [-0.1, -0.05) is 65.2 Å². The number of aliphatic carboxylic acids is 1. The number of carbonyl (C=O) groups excluding carboxylic acids is 1. The summed E-state index contributed by atoms with van der Waals surface area (Å²) in [7, 11) is 0. The fraction of sp³-hybridized carbons (Fsp3) is 0.882. The molecule has 0 aromatic heterocycles. The van der Waals surface area contributed by atoms with Gasteiger partial charge >= 0.3 is 11.9 Å². The first-order valence-electron chi connectivity index (χ1n) is 8.41. The molecule has 0 saturated carbocycles. The molecular weight excluding hydrogens is 268 g/mol. The third kappa shape index (κ3) is 8.74. The van der Waals surface area contributed by atoms with Gasteiger partial charge in [-0.25, -0.2) is 4.79 Å². The lowest BCUT2D eigenvalue weighted by atomic mass is 9.90. The van der Waals surface area contributed by atoms with E-state index in [1.807, 2.05) is 6.92 Å². The van der Waals surface area contributed by atoms with Crippen LogP contribution in [0.25, 0.3) is 0 Å². The van der Waals surface area contributed by atoms with Crippen molar-refractivity contribution in [3.63, 3.8) is 0 Å². The largest absolute Gasteiger partial charge is 0.478 e. The van der Waals surface area contributed by atoms with Gasteiger partial charge in [0.25, 0.3) is 0 Å². The lowest BCUT2D eigenvalue weighted by Crippen LogP contribution is -2.43. The van der Waals surface area contributed by atoms with Crippen molar-refractivity contribution in [3.8, 4) is 0 Å². The fourth-order valence-electron chi connectivity index (χ4n) is 2.71. The van der Waals surface area contributed by atoms with E-state index in [1.165, 1.54) is 39.0 Å². The first-order chi connectivity index (χ1) is 9.98. The van der Waals surface area contributed by atoms with E-state index < -0.39 is 17.5 Å².